The number of nitrogens with two attached hydrogens (primary N) is 1. The molecule has 0 bridgehead atoms. The van der Waals surface area contributed by atoms with Crippen molar-refractivity contribution in [2.75, 3.05) is 19.6 Å². The molecule has 1 aromatic carbocycles. The Kier molecular flexibility index (Phi) is 3.06. The Bertz CT molecular complexity index is 561. The molecule has 0 saturated heterocycles. The predicted molar refractivity (Wildman–Crippen MR) is 70.8 cm³/mol. The van der Waals surface area contributed by atoms with Gasteiger partial charge in [0.25, 0.3) is 0 Å². The third kappa shape index (κ3) is 2.02. The fourth-order valence-electron chi connectivity index (χ4n) is 2.74. The van der Waals surface area contributed by atoms with E-state index in [0.717, 1.165) is 50.0 Å². The minimum Gasteiger partial charge on any atom is -0.342 e. The van der Waals surface area contributed by atoms with Gasteiger partial charge in [-0.2, -0.15) is 0 Å². The summed E-state index contributed by atoms with van der Waals surface area (Å²) in [6.45, 7) is 4.69. The van der Waals surface area contributed by atoms with Gasteiger partial charge in [-0.15, -0.1) is 0 Å². The molecule has 2 N–H and O–H groups in total. The first-order valence-electron chi connectivity index (χ1n) is 6.48. The Morgan fingerprint density at radius 3 is 2.94 bits per heavy atom. The molecule has 3 nitrogen and oxygen atoms in total. The van der Waals surface area contributed by atoms with E-state index in [2.05, 4.69) is 15.5 Å². The molecule has 0 unspecified atom stereocenters. The van der Waals surface area contributed by atoms with Crippen LogP contribution in [-0.4, -0.2) is 29.1 Å². The lowest BCUT2D eigenvalue weighted by Crippen LogP contribution is -2.34. The molecule has 2 aromatic rings. The lowest BCUT2D eigenvalue weighted by molar-refractivity contribution is 0.222. The van der Waals surface area contributed by atoms with Gasteiger partial charge in [-0.3, -0.25) is 4.90 Å². The summed E-state index contributed by atoms with van der Waals surface area (Å²) in [6, 6.07) is 7.19. The average Bonchev–Trinajstić information content (AvgIpc) is 2.73. The second-order valence-electron chi connectivity index (χ2n) is 4.91. The van der Waals surface area contributed by atoms with Crippen molar-refractivity contribution in [2.45, 2.75) is 19.5 Å². The third-order valence-electron chi connectivity index (χ3n) is 3.66. The molecule has 0 radical (unpaired) electrons. The highest BCUT2D eigenvalue weighted by molar-refractivity contribution is 5.81. The predicted octanol–water partition coefficient (Wildman–Crippen LogP) is 1.94. The zero-order chi connectivity index (χ0) is 12.5. The number of fused-ring (bicyclic) bond motifs is 3. The fraction of sp³-hybridized carbons (Fsp3) is 0.429. The maximum Gasteiger partial charge on any atom is 0.125 e. The van der Waals surface area contributed by atoms with Crippen molar-refractivity contribution in [3.63, 3.8) is 0 Å². The van der Waals surface area contributed by atoms with Crippen LogP contribution in [-0.2, 0) is 13.1 Å². The van der Waals surface area contributed by atoms with E-state index >= 15 is 0 Å². The Morgan fingerprint density at radius 1 is 1.22 bits per heavy atom. The van der Waals surface area contributed by atoms with Crippen LogP contribution in [0.3, 0.4) is 0 Å². The lowest BCUT2D eigenvalue weighted by atomic mass is 10.2. The van der Waals surface area contributed by atoms with E-state index < -0.39 is 0 Å². The van der Waals surface area contributed by atoms with Crippen molar-refractivity contribution < 1.29 is 4.39 Å². The van der Waals surface area contributed by atoms with Crippen LogP contribution < -0.4 is 5.73 Å². The summed E-state index contributed by atoms with van der Waals surface area (Å²) < 4.78 is 15.5. The summed E-state index contributed by atoms with van der Waals surface area (Å²) in [4.78, 5) is 2.41. The Hall–Kier alpha value is -1.39. The summed E-state index contributed by atoms with van der Waals surface area (Å²) in [5.41, 5.74) is 7.84. The molecule has 18 heavy (non-hydrogen) atoms. The molecule has 0 saturated carbocycles. The highest BCUT2D eigenvalue weighted by Crippen LogP contribution is 2.24. The summed E-state index contributed by atoms with van der Waals surface area (Å²) in [6.07, 6.45) is 1.04. The largest absolute Gasteiger partial charge is 0.342 e. The van der Waals surface area contributed by atoms with Crippen molar-refractivity contribution in [3.8, 4) is 0 Å². The van der Waals surface area contributed by atoms with E-state index in [1.54, 1.807) is 6.07 Å². The Balaban J connectivity index is 1.90. The molecule has 0 spiro atoms. The van der Waals surface area contributed by atoms with Crippen LogP contribution in [0, 0.1) is 5.82 Å². The van der Waals surface area contributed by atoms with E-state index in [-0.39, 0.29) is 5.82 Å². The van der Waals surface area contributed by atoms with E-state index in [9.17, 15) is 4.39 Å². The van der Waals surface area contributed by atoms with Crippen LogP contribution in [0.5, 0.6) is 0 Å². The van der Waals surface area contributed by atoms with Gasteiger partial charge in [-0.1, -0.05) is 0 Å². The summed E-state index contributed by atoms with van der Waals surface area (Å²) in [5, 5.41) is 1.13. The minimum atomic E-state index is -0.158. The molecular weight excluding hydrogens is 229 g/mol. The summed E-state index contributed by atoms with van der Waals surface area (Å²) >= 11 is 0. The zero-order valence-corrected chi connectivity index (χ0v) is 10.4. The second-order valence-corrected chi connectivity index (χ2v) is 4.91. The molecule has 1 aromatic heterocycles. The van der Waals surface area contributed by atoms with Gasteiger partial charge in [0.15, 0.2) is 0 Å². The van der Waals surface area contributed by atoms with Crippen molar-refractivity contribution in [3.05, 3.63) is 35.8 Å². The molecule has 0 aliphatic carbocycles. The highest BCUT2D eigenvalue weighted by Gasteiger charge is 2.18. The van der Waals surface area contributed by atoms with Crippen molar-refractivity contribution in [2.24, 2.45) is 5.73 Å². The molecular formula is C14H18FN3. The van der Waals surface area contributed by atoms with E-state index in [4.69, 9.17) is 5.73 Å². The van der Waals surface area contributed by atoms with Gasteiger partial charge in [-0.25, -0.2) is 4.39 Å². The number of hydrogen-bond donors (Lipinski definition) is 1. The number of benzene rings is 1. The first-order valence-corrected chi connectivity index (χ1v) is 6.48. The Morgan fingerprint density at radius 2 is 2.11 bits per heavy atom. The molecule has 2 heterocycles. The van der Waals surface area contributed by atoms with Crippen molar-refractivity contribution in [1.29, 1.82) is 0 Å². The number of halogens is 1. The number of aromatic nitrogens is 1. The normalized spacial score (nSPS) is 16.1. The first-order chi connectivity index (χ1) is 8.78. The summed E-state index contributed by atoms with van der Waals surface area (Å²) in [7, 11) is 0. The van der Waals surface area contributed by atoms with Crippen LogP contribution in [0.25, 0.3) is 10.9 Å². The molecule has 3 rings (SSSR count). The van der Waals surface area contributed by atoms with Crippen molar-refractivity contribution in [1.82, 2.24) is 9.47 Å². The molecule has 4 heteroatoms. The minimum absolute atomic E-state index is 0.158. The molecule has 1 aliphatic rings. The van der Waals surface area contributed by atoms with Gasteiger partial charge in [-0.05, 0) is 43.8 Å². The van der Waals surface area contributed by atoms with Crippen LogP contribution in [0.15, 0.2) is 24.3 Å². The van der Waals surface area contributed by atoms with Gasteiger partial charge in [0, 0.05) is 30.7 Å². The molecule has 0 amide bonds. The molecule has 0 atom stereocenters. The van der Waals surface area contributed by atoms with E-state index in [1.165, 1.54) is 11.8 Å². The maximum atomic E-state index is 13.3. The standard InChI is InChI=1S/C14H18FN3/c15-12-3-2-11-8-13-10-17(5-1-4-16)6-7-18(13)14(11)9-12/h2-3,8-9H,1,4-7,10,16H2. The molecule has 0 fully saturated rings. The van der Waals surface area contributed by atoms with Crippen LogP contribution in [0.4, 0.5) is 4.39 Å². The average molecular weight is 247 g/mol. The van der Waals surface area contributed by atoms with Gasteiger partial charge < -0.3 is 10.3 Å². The maximum absolute atomic E-state index is 13.3. The number of rotatable bonds is 3. The zero-order valence-electron chi connectivity index (χ0n) is 10.4. The SMILES string of the molecule is NCCCN1CCn2c(cc3ccc(F)cc32)C1. The smallest absolute Gasteiger partial charge is 0.125 e. The number of nitrogens with zero attached hydrogens (tertiary/aromatic N) is 2. The van der Waals surface area contributed by atoms with Crippen molar-refractivity contribution >= 4 is 10.9 Å². The fourth-order valence-corrected chi connectivity index (χ4v) is 2.74. The summed E-state index contributed by atoms with van der Waals surface area (Å²) in [5.74, 6) is -0.158. The van der Waals surface area contributed by atoms with Gasteiger partial charge in [0.05, 0.1) is 5.52 Å². The topological polar surface area (TPSA) is 34.2 Å². The quantitative estimate of drug-likeness (QED) is 0.899. The first kappa shape index (κ1) is 11.7. The van der Waals surface area contributed by atoms with Crippen LogP contribution in [0.1, 0.15) is 12.1 Å². The van der Waals surface area contributed by atoms with E-state index in [0.29, 0.717) is 0 Å². The monoisotopic (exact) mass is 247 g/mol. The third-order valence-corrected chi connectivity index (χ3v) is 3.66. The van der Waals surface area contributed by atoms with Crippen LogP contribution in [0.2, 0.25) is 0 Å². The van der Waals surface area contributed by atoms with Gasteiger partial charge in [0.1, 0.15) is 5.82 Å². The van der Waals surface area contributed by atoms with E-state index in [1.807, 2.05) is 6.07 Å². The van der Waals surface area contributed by atoms with Gasteiger partial charge in [0.2, 0.25) is 0 Å². The molecule has 1 aliphatic heterocycles. The lowest BCUT2D eigenvalue weighted by Gasteiger charge is -2.28. The van der Waals surface area contributed by atoms with Crippen LogP contribution >= 0.6 is 0 Å². The number of hydrogen-bond acceptors (Lipinski definition) is 2. The molecule has 96 valence electrons. The Labute approximate surface area is 106 Å². The second kappa shape index (κ2) is 4.71. The highest BCUT2D eigenvalue weighted by atomic mass is 19.1. The van der Waals surface area contributed by atoms with Gasteiger partial charge >= 0.3 is 0 Å².